The summed E-state index contributed by atoms with van der Waals surface area (Å²) in [5.41, 5.74) is 3.23. The van der Waals surface area contributed by atoms with Gasteiger partial charge in [-0.3, -0.25) is 9.78 Å². The number of aryl methyl sites for hydroxylation is 1. The molecule has 3 heterocycles. The molecular weight excluding hydrogens is 354 g/mol. The SMILES string of the molecule is CCN(C(=O)c1cc2ncccc2[nH]1)[C@H]1CCC[C@@H](NCc2cc(C)no2)C1. The second-order valence-electron chi connectivity index (χ2n) is 7.54. The molecule has 1 fully saturated rings. The molecule has 2 atom stereocenters. The van der Waals surface area contributed by atoms with Crippen LogP contribution in [0.25, 0.3) is 11.0 Å². The van der Waals surface area contributed by atoms with E-state index in [1.165, 1.54) is 0 Å². The molecule has 3 aromatic rings. The summed E-state index contributed by atoms with van der Waals surface area (Å²) in [7, 11) is 0. The number of rotatable bonds is 6. The van der Waals surface area contributed by atoms with E-state index in [1.807, 2.05) is 43.0 Å². The maximum Gasteiger partial charge on any atom is 0.270 e. The number of pyridine rings is 1. The molecule has 0 aliphatic heterocycles. The van der Waals surface area contributed by atoms with Crippen LogP contribution in [0.3, 0.4) is 0 Å². The number of carbonyl (C=O) groups excluding carboxylic acids is 1. The van der Waals surface area contributed by atoms with Crippen LogP contribution < -0.4 is 5.32 Å². The topological polar surface area (TPSA) is 87.0 Å². The Morgan fingerprint density at radius 3 is 3.04 bits per heavy atom. The molecule has 0 bridgehead atoms. The van der Waals surface area contributed by atoms with Gasteiger partial charge in [-0.25, -0.2) is 0 Å². The Bertz CT molecular complexity index is 914. The average molecular weight is 381 g/mol. The summed E-state index contributed by atoms with van der Waals surface area (Å²) in [4.78, 5) is 22.7. The van der Waals surface area contributed by atoms with E-state index in [-0.39, 0.29) is 11.9 Å². The quantitative estimate of drug-likeness (QED) is 0.683. The first-order valence-electron chi connectivity index (χ1n) is 10.0. The summed E-state index contributed by atoms with van der Waals surface area (Å²) in [6, 6.07) is 8.23. The van der Waals surface area contributed by atoms with Crippen molar-refractivity contribution in [3.05, 3.63) is 47.6 Å². The van der Waals surface area contributed by atoms with E-state index in [1.54, 1.807) is 6.20 Å². The van der Waals surface area contributed by atoms with Crippen molar-refractivity contribution in [2.75, 3.05) is 6.54 Å². The molecule has 28 heavy (non-hydrogen) atoms. The molecule has 7 heteroatoms. The number of amides is 1. The molecular formula is C21H27N5O2. The van der Waals surface area contributed by atoms with Gasteiger partial charge in [0.15, 0.2) is 5.76 Å². The maximum absolute atomic E-state index is 13.2. The monoisotopic (exact) mass is 381 g/mol. The van der Waals surface area contributed by atoms with E-state index in [0.29, 0.717) is 24.8 Å². The van der Waals surface area contributed by atoms with Gasteiger partial charge in [-0.15, -0.1) is 0 Å². The van der Waals surface area contributed by atoms with Gasteiger partial charge in [-0.05, 0) is 57.7 Å². The zero-order valence-electron chi connectivity index (χ0n) is 16.4. The van der Waals surface area contributed by atoms with Gasteiger partial charge >= 0.3 is 0 Å². The Morgan fingerprint density at radius 1 is 1.39 bits per heavy atom. The Hall–Kier alpha value is -2.67. The third-order valence-electron chi connectivity index (χ3n) is 5.55. The largest absolute Gasteiger partial charge is 0.360 e. The molecule has 0 spiro atoms. The third-order valence-corrected chi connectivity index (χ3v) is 5.55. The van der Waals surface area contributed by atoms with Crippen LogP contribution in [0.15, 0.2) is 35.0 Å². The highest BCUT2D eigenvalue weighted by molar-refractivity contribution is 5.97. The molecule has 0 unspecified atom stereocenters. The highest BCUT2D eigenvalue weighted by Crippen LogP contribution is 2.25. The molecule has 148 valence electrons. The van der Waals surface area contributed by atoms with Gasteiger partial charge in [0.1, 0.15) is 5.69 Å². The van der Waals surface area contributed by atoms with Crippen LogP contribution in [0, 0.1) is 6.92 Å². The summed E-state index contributed by atoms with van der Waals surface area (Å²) in [6.45, 7) is 5.34. The predicted octanol–water partition coefficient (Wildman–Crippen LogP) is 3.42. The fourth-order valence-corrected chi connectivity index (χ4v) is 4.17. The lowest BCUT2D eigenvalue weighted by Crippen LogP contribution is -2.46. The minimum absolute atomic E-state index is 0.0528. The molecule has 1 saturated carbocycles. The zero-order valence-corrected chi connectivity index (χ0v) is 16.4. The van der Waals surface area contributed by atoms with Gasteiger partial charge in [-0.2, -0.15) is 0 Å². The molecule has 1 aliphatic rings. The molecule has 0 radical (unpaired) electrons. The van der Waals surface area contributed by atoms with E-state index in [0.717, 1.165) is 48.2 Å². The normalized spacial score (nSPS) is 19.8. The fraction of sp³-hybridized carbons (Fsp3) is 0.476. The molecule has 7 nitrogen and oxygen atoms in total. The standard InChI is InChI=1S/C21H27N5O2/c1-3-26(21(27)20-12-19-18(24-20)8-5-9-22-19)16-7-4-6-15(11-16)23-13-17-10-14(2)25-28-17/h5,8-10,12,15-16,23-24H,3-4,6-7,11,13H2,1-2H3/t15-,16+/m1/s1. The first-order valence-corrected chi connectivity index (χ1v) is 10.0. The molecule has 0 saturated heterocycles. The van der Waals surface area contributed by atoms with Crippen LogP contribution >= 0.6 is 0 Å². The Labute approximate surface area is 164 Å². The summed E-state index contributed by atoms with van der Waals surface area (Å²) >= 11 is 0. The second-order valence-corrected chi connectivity index (χ2v) is 7.54. The fourth-order valence-electron chi connectivity index (χ4n) is 4.17. The number of hydrogen-bond donors (Lipinski definition) is 2. The molecule has 0 aromatic carbocycles. The number of hydrogen-bond acceptors (Lipinski definition) is 5. The predicted molar refractivity (Wildman–Crippen MR) is 107 cm³/mol. The van der Waals surface area contributed by atoms with Gasteiger partial charge in [0.05, 0.1) is 23.3 Å². The van der Waals surface area contributed by atoms with Crippen LogP contribution in [-0.4, -0.2) is 44.6 Å². The van der Waals surface area contributed by atoms with Crippen molar-refractivity contribution in [2.24, 2.45) is 0 Å². The average Bonchev–Trinajstić information content (AvgIpc) is 3.33. The second kappa shape index (κ2) is 8.14. The van der Waals surface area contributed by atoms with Crippen molar-refractivity contribution < 1.29 is 9.32 Å². The first-order chi connectivity index (χ1) is 13.6. The summed E-state index contributed by atoms with van der Waals surface area (Å²) in [6.07, 6.45) is 5.96. The van der Waals surface area contributed by atoms with Gasteiger partial charge < -0.3 is 19.7 Å². The van der Waals surface area contributed by atoms with Gasteiger partial charge in [0.2, 0.25) is 0 Å². The number of carbonyl (C=O) groups is 1. The molecule has 1 amide bonds. The van der Waals surface area contributed by atoms with Crippen molar-refractivity contribution in [2.45, 2.75) is 58.2 Å². The van der Waals surface area contributed by atoms with Crippen LogP contribution in [-0.2, 0) is 6.54 Å². The van der Waals surface area contributed by atoms with Gasteiger partial charge in [-0.1, -0.05) is 5.16 Å². The van der Waals surface area contributed by atoms with Crippen LogP contribution in [0.2, 0.25) is 0 Å². The Balaban J connectivity index is 1.42. The van der Waals surface area contributed by atoms with E-state index < -0.39 is 0 Å². The number of H-pyrrole nitrogens is 1. The highest BCUT2D eigenvalue weighted by Gasteiger charge is 2.30. The molecule has 1 aliphatic carbocycles. The zero-order chi connectivity index (χ0) is 19.5. The van der Waals surface area contributed by atoms with E-state index in [2.05, 4.69) is 20.4 Å². The van der Waals surface area contributed by atoms with Crippen molar-refractivity contribution in [1.82, 2.24) is 25.3 Å². The lowest BCUT2D eigenvalue weighted by atomic mass is 9.89. The van der Waals surface area contributed by atoms with Crippen LogP contribution in [0.5, 0.6) is 0 Å². The number of fused-ring (bicyclic) bond motifs is 1. The minimum atomic E-state index is 0.0528. The molecule has 2 N–H and O–H groups in total. The molecule has 4 rings (SSSR count). The van der Waals surface area contributed by atoms with E-state index in [4.69, 9.17) is 4.52 Å². The number of aromatic nitrogens is 3. The van der Waals surface area contributed by atoms with Gasteiger partial charge in [0.25, 0.3) is 5.91 Å². The van der Waals surface area contributed by atoms with Crippen molar-refractivity contribution in [1.29, 1.82) is 0 Å². The summed E-state index contributed by atoms with van der Waals surface area (Å²) in [5.74, 6) is 0.908. The van der Waals surface area contributed by atoms with Crippen molar-refractivity contribution >= 4 is 16.9 Å². The number of nitrogens with one attached hydrogen (secondary N) is 2. The van der Waals surface area contributed by atoms with Crippen LogP contribution in [0.4, 0.5) is 0 Å². The lowest BCUT2D eigenvalue weighted by Gasteiger charge is -2.37. The van der Waals surface area contributed by atoms with Crippen molar-refractivity contribution in [3.63, 3.8) is 0 Å². The first kappa shape index (κ1) is 18.7. The summed E-state index contributed by atoms with van der Waals surface area (Å²) in [5, 5.41) is 7.51. The third kappa shape index (κ3) is 3.94. The lowest BCUT2D eigenvalue weighted by molar-refractivity contribution is 0.0622. The summed E-state index contributed by atoms with van der Waals surface area (Å²) < 4.78 is 5.29. The minimum Gasteiger partial charge on any atom is -0.360 e. The van der Waals surface area contributed by atoms with Gasteiger partial charge in [0, 0.05) is 30.9 Å². The smallest absolute Gasteiger partial charge is 0.270 e. The number of aromatic amines is 1. The van der Waals surface area contributed by atoms with Crippen LogP contribution in [0.1, 0.15) is 54.5 Å². The Morgan fingerprint density at radius 2 is 2.29 bits per heavy atom. The Kier molecular flexibility index (Phi) is 5.43. The number of nitrogens with zero attached hydrogens (tertiary/aromatic N) is 3. The van der Waals surface area contributed by atoms with Crippen molar-refractivity contribution in [3.8, 4) is 0 Å². The molecule has 3 aromatic heterocycles. The van der Waals surface area contributed by atoms with E-state index >= 15 is 0 Å². The maximum atomic E-state index is 13.2. The van der Waals surface area contributed by atoms with E-state index in [9.17, 15) is 4.79 Å². The highest BCUT2D eigenvalue weighted by atomic mass is 16.5.